The number of aromatic carboxylic acids is 1. The van der Waals surface area contributed by atoms with Gasteiger partial charge in [-0.25, -0.2) is 9.78 Å². The van der Waals surface area contributed by atoms with E-state index in [9.17, 15) is 4.79 Å². The van der Waals surface area contributed by atoms with Crippen molar-refractivity contribution in [2.45, 2.75) is 19.8 Å². The molecule has 0 atom stereocenters. The lowest BCUT2D eigenvalue weighted by Gasteiger charge is -2.03. The van der Waals surface area contributed by atoms with Gasteiger partial charge in [0.2, 0.25) is 5.88 Å². The summed E-state index contributed by atoms with van der Waals surface area (Å²) in [5.74, 6) is -0.836. The van der Waals surface area contributed by atoms with Crippen LogP contribution in [0.4, 0.5) is 0 Å². The molecule has 5 heteroatoms. The number of hydrogen-bond acceptors (Lipinski definition) is 4. The number of aromatic nitrogens is 2. The zero-order valence-corrected chi connectivity index (χ0v) is 7.93. The summed E-state index contributed by atoms with van der Waals surface area (Å²) >= 11 is 0. The fourth-order valence-corrected chi connectivity index (χ4v) is 0.842. The van der Waals surface area contributed by atoms with Gasteiger partial charge >= 0.3 is 5.97 Å². The Hall–Kier alpha value is -1.65. The molecule has 0 aliphatic rings. The Kier molecular flexibility index (Phi) is 3.84. The lowest BCUT2D eigenvalue weighted by atomic mass is 10.4. The molecule has 0 saturated heterocycles. The van der Waals surface area contributed by atoms with Crippen LogP contribution in [0.5, 0.6) is 5.88 Å². The van der Waals surface area contributed by atoms with Crippen molar-refractivity contribution in [3.63, 3.8) is 0 Å². The average Bonchev–Trinajstić information content (AvgIpc) is 2.19. The Balaban J connectivity index is 2.59. The molecule has 0 amide bonds. The van der Waals surface area contributed by atoms with Crippen molar-refractivity contribution in [3.8, 4) is 5.88 Å². The van der Waals surface area contributed by atoms with E-state index in [1.165, 1.54) is 12.4 Å². The van der Waals surface area contributed by atoms with Crippen molar-refractivity contribution in [1.29, 1.82) is 0 Å². The van der Waals surface area contributed by atoms with Crippen molar-refractivity contribution >= 4 is 5.97 Å². The van der Waals surface area contributed by atoms with E-state index in [2.05, 4.69) is 9.97 Å². The summed E-state index contributed by atoms with van der Waals surface area (Å²) in [5.41, 5.74) is -0.0981. The van der Waals surface area contributed by atoms with Gasteiger partial charge in [0, 0.05) is 0 Å². The lowest BCUT2D eigenvalue weighted by Crippen LogP contribution is -2.05. The van der Waals surface area contributed by atoms with E-state index in [0.717, 1.165) is 12.8 Å². The van der Waals surface area contributed by atoms with Crippen molar-refractivity contribution in [3.05, 3.63) is 18.1 Å². The Morgan fingerprint density at radius 1 is 1.57 bits per heavy atom. The third kappa shape index (κ3) is 3.01. The molecule has 0 radical (unpaired) electrons. The summed E-state index contributed by atoms with van der Waals surface area (Å²) in [7, 11) is 0. The maximum atomic E-state index is 10.5. The molecule has 1 rings (SSSR count). The molecule has 1 aromatic rings. The molecule has 1 aromatic heterocycles. The van der Waals surface area contributed by atoms with Crippen LogP contribution >= 0.6 is 0 Å². The van der Waals surface area contributed by atoms with Gasteiger partial charge in [-0.15, -0.1) is 0 Å². The van der Waals surface area contributed by atoms with Crippen LogP contribution in [0.25, 0.3) is 0 Å². The van der Waals surface area contributed by atoms with Crippen molar-refractivity contribution in [2.75, 3.05) is 6.61 Å². The van der Waals surface area contributed by atoms with Gasteiger partial charge in [0.25, 0.3) is 0 Å². The maximum Gasteiger partial charge on any atom is 0.356 e. The first-order chi connectivity index (χ1) is 6.74. The van der Waals surface area contributed by atoms with Crippen LogP contribution in [-0.4, -0.2) is 27.7 Å². The van der Waals surface area contributed by atoms with E-state index in [4.69, 9.17) is 9.84 Å². The SMILES string of the molecule is CCCCOc1cncc(C(=O)O)n1. The second-order valence-electron chi connectivity index (χ2n) is 2.75. The second kappa shape index (κ2) is 5.16. The number of ether oxygens (including phenoxy) is 1. The van der Waals surface area contributed by atoms with Crippen LogP contribution in [0, 0.1) is 0 Å². The summed E-state index contributed by atoms with van der Waals surface area (Å²) in [6.45, 7) is 2.58. The minimum Gasteiger partial charge on any atom is -0.477 e. The van der Waals surface area contributed by atoms with Crippen molar-refractivity contribution < 1.29 is 14.6 Å². The Bertz CT molecular complexity index is 315. The molecule has 0 aliphatic carbocycles. The monoisotopic (exact) mass is 196 g/mol. The minimum absolute atomic E-state index is 0.0981. The molecule has 14 heavy (non-hydrogen) atoms. The van der Waals surface area contributed by atoms with Gasteiger partial charge in [-0.3, -0.25) is 4.98 Å². The van der Waals surface area contributed by atoms with E-state index >= 15 is 0 Å². The third-order valence-corrected chi connectivity index (χ3v) is 1.58. The number of nitrogens with zero attached hydrogens (tertiary/aromatic N) is 2. The Morgan fingerprint density at radius 2 is 2.36 bits per heavy atom. The Morgan fingerprint density at radius 3 is 3.00 bits per heavy atom. The number of unbranched alkanes of at least 4 members (excludes halogenated alkanes) is 1. The van der Waals surface area contributed by atoms with Crippen molar-refractivity contribution in [1.82, 2.24) is 9.97 Å². The normalized spacial score (nSPS) is 9.79. The molecule has 0 bridgehead atoms. The van der Waals surface area contributed by atoms with Gasteiger partial charge in [-0.2, -0.15) is 0 Å². The maximum absolute atomic E-state index is 10.5. The zero-order chi connectivity index (χ0) is 10.4. The number of carbonyl (C=O) groups is 1. The number of carboxylic acids is 1. The molecule has 0 aromatic carbocycles. The van der Waals surface area contributed by atoms with Crippen LogP contribution < -0.4 is 4.74 Å². The zero-order valence-electron chi connectivity index (χ0n) is 7.93. The molecule has 0 spiro atoms. The van der Waals surface area contributed by atoms with Gasteiger partial charge < -0.3 is 9.84 Å². The van der Waals surface area contributed by atoms with Crippen LogP contribution in [0.2, 0.25) is 0 Å². The molecule has 76 valence electrons. The summed E-state index contributed by atoms with van der Waals surface area (Å²) in [4.78, 5) is 18.0. The molecule has 0 unspecified atom stereocenters. The average molecular weight is 196 g/mol. The lowest BCUT2D eigenvalue weighted by molar-refractivity contribution is 0.0688. The van der Waals surface area contributed by atoms with Crippen LogP contribution in [0.1, 0.15) is 30.3 Å². The molecule has 0 aliphatic heterocycles. The predicted octanol–water partition coefficient (Wildman–Crippen LogP) is 1.35. The first-order valence-electron chi connectivity index (χ1n) is 4.42. The molecular formula is C9H12N2O3. The summed E-state index contributed by atoms with van der Waals surface area (Å²) in [5, 5.41) is 8.62. The standard InChI is InChI=1S/C9H12N2O3/c1-2-3-4-14-8-6-10-5-7(11-8)9(12)13/h5-6H,2-4H2,1H3,(H,12,13). The number of carboxylic acid groups (broad SMARTS) is 1. The van der Waals surface area contributed by atoms with Gasteiger partial charge in [-0.1, -0.05) is 13.3 Å². The van der Waals surface area contributed by atoms with Gasteiger partial charge in [0.05, 0.1) is 19.0 Å². The smallest absolute Gasteiger partial charge is 0.356 e. The third-order valence-electron chi connectivity index (χ3n) is 1.58. The fourth-order valence-electron chi connectivity index (χ4n) is 0.842. The number of rotatable bonds is 5. The van der Waals surface area contributed by atoms with Crippen LogP contribution in [0.15, 0.2) is 12.4 Å². The largest absolute Gasteiger partial charge is 0.477 e. The predicted molar refractivity (Wildman–Crippen MR) is 49.4 cm³/mol. The molecular weight excluding hydrogens is 184 g/mol. The van der Waals surface area contributed by atoms with Crippen LogP contribution in [-0.2, 0) is 0 Å². The van der Waals surface area contributed by atoms with E-state index in [1.54, 1.807) is 0 Å². The second-order valence-corrected chi connectivity index (χ2v) is 2.75. The fraction of sp³-hybridized carbons (Fsp3) is 0.444. The van der Waals surface area contributed by atoms with Gasteiger partial charge in [0.15, 0.2) is 5.69 Å². The quantitative estimate of drug-likeness (QED) is 0.719. The first kappa shape index (κ1) is 10.4. The van der Waals surface area contributed by atoms with Gasteiger partial charge in [-0.05, 0) is 6.42 Å². The number of hydrogen-bond donors (Lipinski definition) is 1. The van der Waals surface area contributed by atoms with Crippen molar-refractivity contribution in [2.24, 2.45) is 0 Å². The summed E-state index contributed by atoms with van der Waals surface area (Å²) in [6.07, 6.45) is 4.53. The van der Waals surface area contributed by atoms with E-state index in [-0.39, 0.29) is 11.6 Å². The summed E-state index contributed by atoms with van der Waals surface area (Å²) < 4.78 is 5.20. The van der Waals surface area contributed by atoms with E-state index in [1.807, 2.05) is 6.92 Å². The highest BCUT2D eigenvalue weighted by Crippen LogP contribution is 2.05. The van der Waals surface area contributed by atoms with Gasteiger partial charge in [0.1, 0.15) is 0 Å². The molecule has 0 fully saturated rings. The van der Waals surface area contributed by atoms with Crippen LogP contribution in [0.3, 0.4) is 0 Å². The highest BCUT2D eigenvalue weighted by molar-refractivity contribution is 5.84. The highest BCUT2D eigenvalue weighted by Gasteiger charge is 2.06. The first-order valence-corrected chi connectivity index (χ1v) is 4.42. The topological polar surface area (TPSA) is 72.3 Å². The van der Waals surface area contributed by atoms with E-state index < -0.39 is 5.97 Å². The Labute approximate surface area is 81.8 Å². The minimum atomic E-state index is -1.10. The molecule has 1 heterocycles. The molecule has 0 saturated carbocycles. The highest BCUT2D eigenvalue weighted by atomic mass is 16.5. The molecule has 1 N–H and O–H groups in total. The molecule has 5 nitrogen and oxygen atoms in total. The van der Waals surface area contributed by atoms with E-state index in [0.29, 0.717) is 6.61 Å². The summed E-state index contributed by atoms with van der Waals surface area (Å²) in [6, 6.07) is 0.